The zero-order valence-electron chi connectivity index (χ0n) is 67.5. The van der Waals surface area contributed by atoms with Crippen LogP contribution < -0.4 is 31.5 Å². The molecule has 121 heavy (non-hydrogen) atoms. The summed E-state index contributed by atoms with van der Waals surface area (Å²) in [5.74, 6) is 0. The van der Waals surface area contributed by atoms with E-state index < -0.39 is 0 Å². The van der Waals surface area contributed by atoms with E-state index in [1.807, 2.05) is 97.1 Å². The Hall–Kier alpha value is -15.7. The van der Waals surface area contributed by atoms with Crippen molar-refractivity contribution < 1.29 is 4.42 Å². The third kappa shape index (κ3) is 16.5. The van der Waals surface area contributed by atoms with Crippen LogP contribution >= 0.6 is 0 Å². The molecule has 0 fully saturated rings. The summed E-state index contributed by atoms with van der Waals surface area (Å²) in [6, 6.07) is 167. The smallest absolute Gasteiger partial charge is 0.137 e. The third-order valence-electron chi connectivity index (χ3n) is 22.7. The average molecular weight is 1560 g/mol. The summed E-state index contributed by atoms with van der Waals surface area (Å²) in [7, 11) is 0. The van der Waals surface area contributed by atoms with Crippen LogP contribution in [0.25, 0.3) is 65.7 Å². The van der Waals surface area contributed by atoms with E-state index in [0.29, 0.717) is 0 Å². The number of hydrogen-bond acceptors (Lipinski definition) is 7. The molecule has 19 aromatic carbocycles. The maximum absolute atomic E-state index is 5.89. The lowest BCUT2D eigenvalue weighted by atomic mass is 9.68. The first-order valence-electron chi connectivity index (χ1n) is 41.3. The van der Waals surface area contributed by atoms with Gasteiger partial charge in [0.05, 0.1) is 22.2 Å². The van der Waals surface area contributed by atoms with Gasteiger partial charge in [0.2, 0.25) is 0 Å². The number of anilines is 13. The minimum atomic E-state index is -0.334. The van der Waals surface area contributed by atoms with Gasteiger partial charge in [0.1, 0.15) is 11.2 Å². The molecule has 0 spiro atoms. The fraction of sp³-hybridized carbons (Fsp3) is 0.0351. The Bertz CT molecular complexity index is 6790. The molecule has 7 nitrogen and oxygen atoms in total. The summed E-state index contributed by atoms with van der Waals surface area (Å²) in [5.41, 5.74) is 29.4. The molecule has 0 amide bonds. The predicted octanol–water partition coefficient (Wildman–Crippen LogP) is 31.5. The summed E-state index contributed by atoms with van der Waals surface area (Å²) < 4.78 is 5.89. The van der Waals surface area contributed by atoms with E-state index in [9.17, 15) is 0 Å². The maximum Gasteiger partial charge on any atom is 0.137 e. The molecule has 20 aromatic rings. The van der Waals surface area contributed by atoms with E-state index in [1.165, 1.54) is 77.2 Å². The lowest BCUT2D eigenvalue weighted by Gasteiger charge is -2.33. The second kappa shape index (κ2) is 35.4. The van der Waals surface area contributed by atoms with Gasteiger partial charge >= 0.3 is 0 Å². The number of benzene rings is 19. The Kier molecular flexibility index (Phi) is 22.4. The molecular weight excluding hydrogens is 1470 g/mol. The van der Waals surface area contributed by atoms with E-state index in [1.54, 1.807) is 0 Å². The van der Waals surface area contributed by atoms with Crippen LogP contribution in [0.5, 0.6) is 0 Å². The predicted molar refractivity (Wildman–Crippen MR) is 513 cm³/mol. The van der Waals surface area contributed by atoms with Crippen molar-refractivity contribution in [1.82, 2.24) is 0 Å². The van der Waals surface area contributed by atoms with Gasteiger partial charge in [0.15, 0.2) is 0 Å². The molecule has 0 saturated heterocycles. The second-order valence-electron chi connectivity index (χ2n) is 30.7. The van der Waals surface area contributed by atoms with Crippen molar-refractivity contribution >= 4 is 117 Å². The number of para-hydroxylation sites is 8. The highest BCUT2D eigenvalue weighted by molar-refractivity contribution is 6.12. The first kappa shape index (κ1) is 76.6. The number of rotatable bonds is 15. The zero-order chi connectivity index (χ0) is 81.6. The topological polar surface area (TPSA) is 76.5 Å². The van der Waals surface area contributed by atoms with E-state index in [4.69, 9.17) is 4.42 Å². The Morgan fingerprint density at radius 3 is 1.17 bits per heavy atom. The van der Waals surface area contributed by atoms with Gasteiger partial charge in [-0.05, 0) is 218 Å². The molecule has 2 aliphatic rings. The highest BCUT2D eigenvalue weighted by atomic mass is 16.3. The molecule has 0 unspecified atom stereocenters. The quantitative estimate of drug-likeness (QED) is 0.0700. The highest BCUT2D eigenvalue weighted by Crippen LogP contribution is 2.57. The number of nitrogens with one attached hydrogen (secondary N) is 5. The Labute approximate surface area is 708 Å². The molecule has 2 aliphatic carbocycles. The van der Waals surface area contributed by atoms with Crippen LogP contribution in [-0.4, -0.2) is 0 Å². The zero-order valence-corrected chi connectivity index (χ0v) is 67.5. The fourth-order valence-electron chi connectivity index (χ4n) is 17.0. The maximum atomic E-state index is 5.89. The van der Waals surface area contributed by atoms with Gasteiger partial charge in [-0.2, -0.15) is 0 Å². The SMILES string of the molecule is CC1(C)c2ccccc2-c2ccc(Nc3ccccc3)cc21.c1ccc(Nc2ccc(N(c3ccccc3)c3ccccc3)c3ccccc23)cc1.c1ccc(Nc2ccc3c(c2)-c2ccccc2C3(c2ccccc2)c2ccccc2)cc1.c1ccc(Nc2ccc3ccccc3c2)cc1.c1ccc(Nc2cccc3oc4ccccc4c23)cc1. The molecule has 22 rings (SSSR count). The molecule has 0 radical (unpaired) electrons. The molecule has 1 heterocycles. The van der Waals surface area contributed by atoms with Crippen LogP contribution in [0.1, 0.15) is 47.2 Å². The molecule has 0 saturated carbocycles. The van der Waals surface area contributed by atoms with Gasteiger partial charge in [0, 0.05) is 84.1 Å². The van der Waals surface area contributed by atoms with Crippen molar-refractivity contribution in [2.24, 2.45) is 0 Å². The van der Waals surface area contributed by atoms with Gasteiger partial charge in [-0.15, -0.1) is 0 Å². The van der Waals surface area contributed by atoms with Gasteiger partial charge in [-0.1, -0.05) is 341 Å². The van der Waals surface area contributed by atoms with Gasteiger partial charge in [0.25, 0.3) is 0 Å². The van der Waals surface area contributed by atoms with Gasteiger partial charge in [-0.3, -0.25) is 0 Å². The first-order valence-corrected chi connectivity index (χ1v) is 41.3. The highest BCUT2D eigenvalue weighted by Gasteiger charge is 2.46. The van der Waals surface area contributed by atoms with Crippen LogP contribution in [-0.2, 0) is 10.8 Å². The third-order valence-corrected chi connectivity index (χ3v) is 22.7. The Balaban J connectivity index is 0.000000105. The second-order valence-corrected chi connectivity index (χ2v) is 30.7. The minimum Gasteiger partial charge on any atom is -0.456 e. The molecule has 0 atom stereocenters. The number of nitrogens with zero attached hydrogens (tertiary/aromatic N) is 1. The largest absolute Gasteiger partial charge is 0.456 e. The van der Waals surface area contributed by atoms with Crippen LogP contribution in [0.3, 0.4) is 0 Å². The van der Waals surface area contributed by atoms with E-state index in [0.717, 1.165) is 95.9 Å². The Morgan fingerprint density at radius 1 is 0.223 bits per heavy atom. The van der Waals surface area contributed by atoms with E-state index >= 15 is 0 Å². The lowest BCUT2D eigenvalue weighted by Crippen LogP contribution is -2.28. The Morgan fingerprint density at radius 2 is 0.612 bits per heavy atom. The minimum absolute atomic E-state index is 0.0559. The number of furan rings is 1. The summed E-state index contributed by atoms with van der Waals surface area (Å²) in [6.07, 6.45) is 0. The lowest BCUT2D eigenvalue weighted by molar-refractivity contribution is 0.660. The van der Waals surface area contributed by atoms with Crippen molar-refractivity contribution in [3.05, 3.63) is 513 Å². The summed E-state index contributed by atoms with van der Waals surface area (Å²) in [6.45, 7) is 4.62. The molecule has 582 valence electrons. The molecular formula is C114H90N6O. The number of hydrogen-bond donors (Lipinski definition) is 5. The summed E-state index contributed by atoms with van der Waals surface area (Å²) >= 11 is 0. The molecule has 7 heteroatoms. The summed E-state index contributed by atoms with van der Waals surface area (Å²) in [5, 5.41) is 24.7. The standard InChI is InChI=1S/C31H23N.C28H22N2.C21H19N.C18H13NO.C16H13N/c1-4-12-23(13-5-1)31(24-14-6-2-7-15-24)29-19-11-10-18-27(29)28-22-26(20-21-30(28)31)32-25-16-8-3-9-17-25;1-4-12-22(13-5-1)29-27-20-21-28(26-19-11-10-18-25(26)27)30(23-14-6-2-7-15-23)24-16-8-3-9-17-24;1-21(2)19-11-7-6-10-17(19)18-13-12-16(14-20(18)21)22-15-8-4-3-5-9-15;1-2-7-13(8-3-1)19-15-10-6-12-17-18(15)14-9-4-5-11-16(14)20-17;1-2-8-15(9-3-1)17-16-11-10-13-6-4-5-7-14(13)12-16/h1-22,32H;1-21,29H;3-14,22H,1-2H3;1-12,19H;1-12,17H. The monoisotopic (exact) mass is 1560 g/mol. The molecule has 0 bridgehead atoms. The molecule has 5 N–H and O–H groups in total. The van der Waals surface area contributed by atoms with Crippen LogP contribution in [0.15, 0.2) is 484 Å². The van der Waals surface area contributed by atoms with Crippen molar-refractivity contribution in [2.45, 2.75) is 24.7 Å². The molecule has 0 aliphatic heterocycles. The number of fused-ring (bicyclic) bond motifs is 11. The van der Waals surface area contributed by atoms with Crippen molar-refractivity contribution in [3.8, 4) is 22.3 Å². The van der Waals surface area contributed by atoms with E-state index in [-0.39, 0.29) is 10.8 Å². The van der Waals surface area contributed by atoms with Crippen LogP contribution in [0.4, 0.5) is 73.9 Å². The van der Waals surface area contributed by atoms with Crippen molar-refractivity contribution in [1.29, 1.82) is 0 Å². The van der Waals surface area contributed by atoms with Gasteiger partial charge in [-0.25, -0.2) is 0 Å². The fourth-order valence-corrected chi connectivity index (χ4v) is 17.0. The normalized spacial score (nSPS) is 12.0. The molecule has 1 aromatic heterocycles. The summed E-state index contributed by atoms with van der Waals surface area (Å²) in [4.78, 5) is 2.31. The van der Waals surface area contributed by atoms with Crippen LogP contribution in [0, 0.1) is 0 Å². The van der Waals surface area contributed by atoms with Crippen LogP contribution in [0.2, 0.25) is 0 Å². The van der Waals surface area contributed by atoms with E-state index in [2.05, 4.69) is 428 Å². The van der Waals surface area contributed by atoms with Crippen molar-refractivity contribution in [2.75, 3.05) is 31.5 Å². The van der Waals surface area contributed by atoms with Crippen molar-refractivity contribution in [3.63, 3.8) is 0 Å². The average Bonchev–Trinajstić information content (AvgIpc) is 1.35. The van der Waals surface area contributed by atoms with Gasteiger partial charge < -0.3 is 35.9 Å². The first-order chi connectivity index (χ1) is 59.8.